The van der Waals surface area contributed by atoms with E-state index in [0.717, 1.165) is 6.42 Å². The van der Waals surface area contributed by atoms with E-state index in [1.54, 1.807) is 18.3 Å². The van der Waals surface area contributed by atoms with Crippen molar-refractivity contribution in [2.75, 3.05) is 5.32 Å². The molecule has 1 fully saturated rings. The fraction of sp³-hybridized carbons (Fsp3) is 0.500. The number of carboxylic acids is 1. The molecule has 1 heterocycles. The maximum Gasteiger partial charge on any atom is 0.339 e. The molecule has 1 aromatic heterocycles. The van der Waals surface area contributed by atoms with Crippen LogP contribution in [0.1, 0.15) is 36.5 Å². The monoisotopic (exact) mass is 220 g/mol. The fourth-order valence-electron chi connectivity index (χ4n) is 2.23. The van der Waals surface area contributed by atoms with Gasteiger partial charge in [0.1, 0.15) is 11.4 Å². The Kier molecular flexibility index (Phi) is 3.08. The Labute approximate surface area is 94.7 Å². The lowest BCUT2D eigenvalue weighted by molar-refractivity contribution is 0.0697. The van der Waals surface area contributed by atoms with E-state index in [9.17, 15) is 4.79 Å². The van der Waals surface area contributed by atoms with Gasteiger partial charge in [-0.2, -0.15) is 0 Å². The molecule has 2 unspecified atom stereocenters. The standard InChI is InChI=1S/C12H16N2O2/c1-8-4-2-6-10(8)14-11-9(12(15)16)5-3-7-13-11/h3,5,7-8,10H,2,4,6H2,1H3,(H,13,14)(H,15,16). The van der Waals surface area contributed by atoms with Crippen molar-refractivity contribution in [3.05, 3.63) is 23.9 Å². The molecular weight excluding hydrogens is 204 g/mol. The van der Waals surface area contributed by atoms with E-state index in [1.165, 1.54) is 12.8 Å². The van der Waals surface area contributed by atoms with Crippen molar-refractivity contribution < 1.29 is 9.90 Å². The molecule has 0 amide bonds. The van der Waals surface area contributed by atoms with Crippen molar-refractivity contribution >= 4 is 11.8 Å². The molecular formula is C12H16N2O2. The highest BCUT2D eigenvalue weighted by Gasteiger charge is 2.24. The number of carboxylic acid groups (broad SMARTS) is 1. The van der Waals surface area contributed by atoms with E-state index in [1.807, 2.05) is 0 Å². The van der Waals surface area contributed by atoms with Gasteiger partial charge >= 0.3 is 5.97 Å². The van der Waals surface area contributed by atoms with Gasteiger partial charge < -0.3 is 10.4 Å². The lowest BCUT2D eigenvalue weighted by atomic mass is 10.1. The second-order valence-corrected chi connectivity index (χ2v) is 4.36. The zero-order chi connectivity index (χ0) is 11.5. The summed E-state index contributed by atoms with van der Waals surface area (Å²) in [4.78, 5) is 15.1. The van der Waals surface area contributed by atoms with Crippen LogP contribution in [0, 0.1) is 5.92 Å². The summed E-state index contributed by atoms with van der Waals surface area (Å²) in [5.41, 5.74) is 0.251. The third-order valence-corrected chi connectivity index (χ3v) is 3.22. The van der Waals surface area contributed by atoms with E-state index in [2.05, 4.69) is 17.2 Å². The molecule has 0 aromatic carbocycles. The van der Waals surface area contributed by atoms with Crippen molar-refractivity contribution in [1.29, 1.82) is 0 Å². The van der Waals surface area contributed by atoms with Crippen molar-refractivity contribution in [2.45, 2.75) is 32.2 Å². The normalized spacial score (nSPS) is 24.3. The minimum atomic E-state index is -0.929. The topological polar surface area (TPSA) is 62.2 Å². The zero-order valence-electron chi connectivity index (χ0n) is 9.31. The van der Waals surface area contributed by atoms with Gasteiger partial charge in [-0.05, 0) is 30.9 Å². The molecule has 2 N–H and O–H groups in total. The van der Waals surface area contributed by atoms with Crippen LogP contribution < -0.4 is 5.32 Å². The number of anilines is 1. The van der Waals surface area contributed by atoms with Crippen molar-refractivity contribution in [1.82, 2.24) is 4.98 Å². The fourth-order valence-corrected chi connectivity index (χ4v) is 2.23. The Morgan fingerprint density at radius 2 is 2.38 bits per heavy atom. The van der Waals surface area contributed by atoms with Gasteiger partial charge in [0.2, 0.25) is 0 Å². The number of carbonyl (C=O) groups is 1. The van der Waals surface area contributed by atoms with Gasteiger partial charge in [-0.15, -0.1) is 0 Å². The molecule has 1 aliphatic rings. The Balaban J connectivity index is 2.17. The number of aromatic nitrogens is 1. The average molecular weight is 220 g/mol. The van der Waals surface area contributed by atoms with E-state index in [0.29, 0.717) is 17.8 Å². The predicted octanol–water partition coefficient (Wildman–Crippen LogP) is 2.38. The Morgan fingerprint density at radius 3 is 3.00 bits per heavy atom. The summed E-state index contributed by atoms with van der Waals surface area (Å²) in [6.45, 7) is 2.19. The predicted molar refractivity (Wildman–Crippen MR) is 61.6 cm³/mol. The van der Waals surface area contributed by atoms with Gasteiger partial charge in [0.15, 0.2) is 0 Å². The molecule has 2 atom stereocenters. The van der Waals surface area contributed by atoms with Crippen LogP contribution in [0.15, 0.2) is 18.3 Å². The van der Waals surface area contributed by atoms with Crippen LogP contribution in [0.25, 0.3) is 0 Å². The van der Waals surface area contributed by atoms with Gasteiger partial charge in [0, 0.05) is 12.2 Å². The van der Waals surface area contributed by atoms with E-state index < -0.39 is 5.97 Å². The second kappa shape index (κ2) is 4.51. The van der Waals surface area contributed by atoms with Crippen LogP contribution in [-0.2, 0) is 0 Å². The van der Waals surface area contributed by atoms with E-state index >= 15 is 0 Å². The maximum atomic E-state index is 11.0. The summed E-state index contributed by atoms with van der Waals surface area (Å²) in [6, 6.07) is 3.58. The molecule has 0 radical (unpaired) electrons. The summed E-state index contributed by atoms with van der Waals surface area (Å²) in [5, 5.41) is 12.3. The summed E-state index contributed by atoms with van der Waals surface area (Å²) in [6.07, 6.45) is 5.12. The Bertz CT molecular complexity index is 392. The van der Waals surface area contributed by atoms with E-state index in [4.69, 9.17) is 5.11 Å². The first-order chi connectivity index (χ1) is 7.68. The number of hydrogen-bond acceptors (Lipinski definition) is 3. The molecule has 4 nitrogen and oxygen atoms in total. The Morgan fingerprint density at radius 1 is 1.56 bits per heavy atom. The number of aromatic carboxylic acids is 1. The van der Waals surface area contributed by atoms with E-state index in [-0.39, 0.29) is 5.56 Å². The lowest BCUT2D eigenvalue weighted by Crippen LogP contribution is -2.23. The van der Waals surface area contributed by atoms with Gasteiger partial charge in [0.25, 0.3) is 0 Å². The van der Waals surface area contributed by atoms with Crippen LogP contribution in [0.5, 0.6) is 0 Å². The first-order valence-corrected chi connectivity index (χ1v) is 5.63. The quantitative estimate of drug-likeness (QED) is 0.821. The molecule has 0 spiro atoms. The van der Waals surface area contributed by atoms with Gasteiger partial charge in [0.05, 0.1) is 0 Å². The Hall–Kier alpha value is -1.58. The van der Waals surface area contributed by atoms with Crippen LogP contribution in [0.4, 0.5) is 5.82 Å². The minimum absolute atomic E-state index is 0.251. The number of nitrogens with zero attached hydrogens (tertiary/aromatic N) is 1. The molecule has 86 valence electrons. The van der Waals surface area contributed by atoms with Crippen molar-refractivity contribution in [3.8, 4) is 0 Å². The third kappa shape index (κ3) is 2.15. The first-order valence-electron chi connectivity index (χ1n) is 5.63. The van der Waals surface area contributed by atoms with Gasteiger partial charge in [-0.1, -0.05) is 13.3 Å². The van der Waals surface area contributed by atoms with Crippen molar-refractivity contribution in [3.63, 3.8) is 0 Å². The highest BCUT2D eigenvalue weighted by atomic mass is 16.4. The van der Waals surface area contributed by atoms with Crippen LogP contribution in [0.2, 0.25) is 0 Å². The number of hydrogen-bond donors (Lipinski definition) is 2. The summed E-state index contributed by atoms with van der Waals surface area (Å²) < 4.78 is 0. The SMILES string of the molecule is CC1CCCC1Nc1ncccc1C(=O)O. The van der Waals surface area contributed by atoms with Crippen LogP contribution in [0.3, 0.4) is 0 Å². The zero-order valence-corrected chi connectivity index (χ0v) is 9.31. The first kappa shape index (κ1) is 10.9. The second-order valence-electron chi connectivity index (χ2n) is 4.36. The molecule has 2 rings (SSSR count). The van der Waals surface area contributed by atoms with Crippen molar-refractivity contribution in [2.24, 2.45) is 5.92 Å². The number of pyridine rings is 1. The molecule has 0 bridgehead atoms. The molecule has 0 saturated heterocycles. The third-order valence-electron chi connectivity index (χ3n) is 3.22. The number of nitrogens with one attached hydrogen (secondary N) is 1. The average Bonchev–Trinajstić information content (AvgIpc) is 2.65. The molecule has 4 heteroatoms. The van der Waals surface area contributed by atoms with Crippen LogP contribution in [-0.4, -0.2) is 22.1 Å². The summed E-state index contributed by atoms with van der Waals surface area (Å²) in [5.74, 6) is 0.152. The van der Waals surface area contributed by atoms with Gasteiger partial charge in [-0.3, -0.25) is 0 Å². The van der Waals surface area contributed by atoms with Gasteiger partial charge in [-0.25, -0.2) is 9.78 Å². The number of rotatable bonds is 3. The maximum absolute atomic E-state index is 11.0. The highest BCUT2D eigenvalue weighted by molar-refractivity contribution is 5.93. The molecule has 16 heavy (non-hydrogen) atoms. The molecule has 1 aromatic rings. The molecule has 1 aliphatic carbocycles. The molecule has 1 saturated carbocycles. The smallest absolute Gasteiger partial charge is 0.339 e. The minimum Gasteiger partial charge on any atom is -0.478 e. The largest absolute Gasteiger partial charge is 0.478 e. The van der Waals surface area contributed by atoms with Crippen LogP contribution >= 0.6 is 0 Å². The summed E-state index contributed by atoms with van der Waals surface area (Å²) >= 11 is 0. The summed E-state index contributed by atoms with van der Waals surface area (Å²) in [7, 11) is 0. The highest BCUT2D eigenvalue weighted by Crippen LogP contribution is 2.28. The lowest BCUT2D eigenvalue weighted by Gasteiger charge is -2.18. The molecule has 0 aliphatic heterocycles.